The number of benzene rings is 1. The Hall–Kier alpha value is -1.15. The van der Waals surface area contributed by atoms with E-state index >= 15 is 0 Å². The second kappa shape index (κ2) is 6.85. The molecule has 0 aliphatic carbocycles. The molecule has 0 spiro atoms. The van der Waals surface area contributed by atoms with Crippen LogP contribution in [-0.2, 0) is 6.42 Å². The number of Topliss-reactive ketones (excluding diaryl/α,β-unsaturated/α-hetero) is 1. The fourth-order valence-electron chi connectivity index (χ4n) is 2.86. The quantitative estimate of drug-likeness (QED) is 0.819. The predicted molar refractivity (Wildman–Crippen MR) is 79.6 cm³/mol. The van der Waals surface area contributed by atoms with Gasteiger partial charge in [-0.1, -0.05) is 44.5 Å². The van der Waals surface area contributed by atoms with Crippen molar-refractivity contribution >= 4 is 5.78 Å². The summed E-state index contributed by atoms with van der Waals surface area (Å²) >= 11 is 0. The summed E-state index contributed by atoms with van der Waals surface area (Å²) in [5.41, 5.74) is 2.18. The Labute approximate surface area is 116 Å². The van der Waals surface area contributed by atoms with Gasteiger partial charge in [0.05, 0.1) is 0 Å². The van der Waals surface area contributed by atoms with E-state index in [0.29, 0.717) is 12.5 Å². The van der Waals surface area contributed by atoms with E-state index in [2.05, 4.69) is 31.3 Å². The van der Waals surface area contributed by atoms with Gasteiger partial charge >= 0.3 is 0 Å². The van der Waals surface area contributed by atoms with Gasteiger partial charge in [-0.25, -0.2) is 0 Å². The predicted octanol–water partition coefficient (Wildman–Crippen LogP) is 3.60. The summed E-state index contributed by atoms with van der Waals surface area (Å²) in [6, 6.07) is 8.52. The number of carbonyl (C=O) groups is 1. The first-order valence-electron chi connectivity index (χ1n) is 7.54. The van der Waals surface area contributed by atoms with Crippen molar-refractivity contribution in [2.45, 2.75) is 52.0 Å². The molecule has 0 amide bonds. The third kappa shape index (κ3) is 4.17. The first-order chi connectivity index (χ1) is 9.19. The number of hydrogen-bond donors (Lipinski definition) is 1. The second-order valence-electron chi connectivity index (χ2n) is 5.85. The van der Waals surface area contributed by atoms with E-state index in [1.807, 2.05) is 12.1 Å². The number of carbonyl (C=O) groups excluding carboxylic acids is 1. The highest BCUT2D eigenvalue weighted by Gasteiger charge is 2.21. The minimum Gasteiger partial charge on any atom is -0.314 e. The van der Waals surface area contributed by atoms with Crippen LogP contribution < -0.4 is 5.32 Å². The highest BCUT2D eigenvalue weighted by atomic mass is 16.1. The maximum Gasteiger partial charge on any atom is 0.164 e. The van der Waals surface area contributed by atoms with Gasteiger partial charge in [0.25, 0.3) is 0 Å². The van der Waals surface area contributed by atoms with Crippen LogP contribution in [0.4, 0.5) is 0 Å². The van der Waals surface area contributed by atoms with Crippen LogP contribution in [0.2, 0.25) is 0 Å². The zero-order valence-electron chi connectivity index (χ0n) is 12.1. The molecule has 0 radical (unpaired) electrons. The molecule has 104 valence electrons. The van der Waals surface area contributed by atoms with Gasteiger partial charge in [-0.3, -0.25) is 4.79 Å². The van der Waals surface area contributed by atoms with Gasteiger partial charge in [0.15, 0.2) is 5.78 Å². The lowest BCUT2D eigenvalue weighted by Crippen LogP contribution is -2.38. The smallest absolute Gasteiger partial charge is 0.164 e. The second-order valence-corrected chi connectivity index (χ2v) is 5.85. The first kappa shape index (κ1) is 14.3. The molecule has 0 saturated carbocycles. The van der Waals surface area contributed by atoms with E-state index in [4.69, 9.17) is 0 Å². The van der Waals surface area contributed by atoms with Crippen LogP contribution in [0.15, 0.2) is 24.3 Å². The largest absolute Gasteiger partial charge is 0.314 e. The molecule has 1 aliphatic heterocycles. The lowest BCUT2D eigenvalue weighted by Gasteiger charge is -2.27. The van der Waals surface area contributed by atoms with Gasteiger partial charge in [0.1, 0.15) is 0 Å². The van der Waals surface area contributed by atoms with Crippen molar-refractivity contribution < 1.29 is 4.79 Å². The summed E-state index contributed by atoms with van der Waals surface area (Å²) in [6.07, 6.45) is 5.24. The van der Waals surface area contributed by atoms with E-state index < -0.39 is 0 Å². The molecule has 2 nitrogen and oxygen atoms in total. The van der Waals surface area contributed by atoms with Crippen molar-refractivity contribution in [1.82, 2.24) is 5.32 Å². The minimum atomic E-state index is 0.273. The van der Waals surface area contributed by atoms with Crippen LogP contribution in [0.1, 0.15) is 55.5 Å². The molecular weight excluding hydrogens is 234 g/mol. The Balaban J connectivity index is 1.91. The van der Waals surface area contributed by atoms with Crippen molar-refractivity contribution in [3.05, 3.63) is 35.4 Å². The summed E-state index contributed by atoms with van der Waals surface area (Å²) in [6.45, 7) is 5.50. The zero-order chi connectivity index (χ0) is 13.7. The molecule has 2 atom stereocenters. The maximum atomic E-state index is 12.2. The Morgan fingerprint density at radius 1 is 1.32 bits per heavy atom. The Morgan fingerprint density at radius 2 is 2.05 bits per heavy atom. The van der Waals surface area contributed by atoms with Crippen molar-refractivity contribution in [3.8, 4) is 0 Å². The first-order valence-corrected chi connectivity index (χ1v) is 7.54. The van der Waals surface area contributed by atoms with E-state index in [1.165, 1.54) is 12.0 Å². The summed E-state index contributed by atoms with van der Waals surface area (Å²) in [5.74, 6) is 1.01. The topological polar surface area (TPSA) is 29.1 Å². The lowest BCUT2D eigenvalue weighted by molar-refractivity contribution is 0.0959. The minimum absolute atomic E-state index is 0.273. The van der Waals surface area contributed by atoms with E-state index in [9.17, 15) is 4.79 Å². The van der Waals surface area contributed by atoms with E-state index in [-0.39, 0.29) is 5.78 Å². The van der Waals surface area contributed by atoms with Crippen molar-refractivity contribution in [3.63, 3.8) is 0 Å². The fraction of sp³-hybridized carbons (Fsp3) is 0.588. The normalized spacial score (nSPS) is 23.3. The lowest BCUT2D eigenvalue weighted by atomic mass is 9.90. The van der Waals surface area contributed by atoms with E-state index in [1.54, 1.807) is 0 Å². The third-order valence-corrected chi connectivity index (χ3v) is 4.00. The monoisotopic (exact) mass is 259 g/mol. The van der Waals surface area contributed by atoms with Crippen molar-refractivity contribution in [2.75, 3.05) is 6.54 Å². The highest BCUT2D eigenvalue weighted by Crippen LogP contribution is 2.19. The fourth-order valence-corrected chi connectivity index (χ4v) is 2.86. The van der Waals surface area contributed by atoms with Gasteiger partial charge in [-0.05, 0) is 37.3 Å². The Bertz CT molecular complexity index is 410. The summed E-state index contributed by atoms with van der Waals surface area (Å²) in [7, 11) is 0. The molecule has 1 aromatic carbocycles. The number of rotatable bonds is 5. The molecule has 2 heteroatoms. The van der Waals surface area contributed by atoms with Gasteiger partial charge in [-0.15, -0.1) is 0 Å². The van der Waals surface area contributed by atoms with Gasteiger partial charge in [0, 0.05) is 18.0 Å². The van der Waals surface area contributed by atoms with Crippen LogP contribution in [-0.4, -0.2) is 18.4 Å². The Kier molecular flexibility index (Phi) is 5.15. The van der Waals surface area contributed by atoms with Gasteiger partial charge < -0.3 is 5.32 Å². The molecule has 1 heterocycles. The SMILES string of the molecule is CCCc1ccc(C(=O)CC2CC(C)CCN2)cc1. The number of ketones is 1. The van der Waals surface area contributed by atoms with Crippen LogP contribution in [0, 0.1) is 5.92 Å². The highest BCUT2D eigenvalue weighted by molar-refractivity contribution is 5.96. The molecule has 2 rings (SSSR count). The van der Waals surface area contributed by atoms with Crippen LogP contribution >= 0.6 is 0 Å². The number of aryl methyl sites for hydroxylation is 1. The van der Waals surface area contributed by atoms with E-state index in [0.717, 1.165) is 37.3 Å². The zero-order valence-corrected chi connectivity index (χ0v) is 12.1. The van der Waals surface area contributed by atoms with Crippen LogP contribution in [0.25, 0.3) is 0 Å². The molecule has 1 saturated heterocycles. The molecule has 1 fully saturated rings. The van der Waals surface area contributed by atoms with Gasteiger partial charge in [-0.2, -0.15) is 0 Å². The average Bonchev–Trinajstić information content (AvgIpc) is 2.40. The molecule has 0 aromatic heterocycles. The summed E-state index contributed by atoms with van der Waals surface area (Å²) in [5, 5.41) is 3.46. The van der Waals surface area contributed by atoms with Crippen LogP contribution in [0.5, 0.6) is 0 Å². The number of nitrogens with one attached hydrogen (secondary N) is 1. The number of piperidine rings is 1. The number of hydrogen-bond acceptors (Lipinski definition) is 2. The Morgan fingerprint density at radius 3 is 2.68 bits per heavy atom. The molecular formula is C17H25NO. The van der Waals surface area contributed by atoms with Gasteiger partial charge in [0.2, 0.25) is 0 Å². The molecule has 0 bridgehead atoms. The molecule has 2 unspecified atom stereocenters. The molecule has 1 aromatic rings. The molecule has 19 heavy (non-hydrogen) atoms. The van der Waals surface area contributed by atoms with Crippen molar-refractivity contribution in [2.24, 2.45) is 5.92 Å². The average molecular weight is 259 g/mol. The summed E-state index contributed by atoms with van der Waals surface area (Å²) in [4.78, 5) is 12.2. The van der Waals surface area contributed by atoms with Crippen LogP contribution in [0.3, 0.4) is 0 Å². The molecule has 1 aliphatic rings. The maximum absolute atomic E-state index is 12.2. The summed E-state index contributed by atoms with van der Waals surface area (Å²) < 4.78 is 0. The van der Waals surface area contributed by atoms with Crippen molar-refractivity contribution in [1.29, 1.82) is 0 Å². The standard InChI is InChI=1S/C17H25NO/c1-3-4-14-5-7-15(8-6-14)17(19)12-16-11-13(2)9-10-18-16/h5-8,13,16,18H,3-4,9-12H2,1-2H3. The molecule has 1 N–H and O–H groups in total. The third-order valence-electron chi connectivity index (χ3n) is 4.00.